The van der Waals surface area contributed by atoms with Crippen LogP contribution in [-0.2, 0) is 0 Å². The van der Waals surface area contributed by atoms with Crippen molar-refractivity contribution in [3.8, 4) is 0 Å². The van der Waals surface area contributed by atoms with E-state index in [1.54, 1.807) is 4.90 Å². The quantitative estimate of drug-likeness (QED) is 0.841. The fraction of sp³-hybridized carbons (Fsp3) is 0.722. The summed E-state index contributed by atoms with van der Waals surface area (Å²) in [5, 5.41) is 10.2. The Hall–Kier alpha value is -1.73. The van der Waals surface area contributed by atoms with Crippen LogP contribution >= 0.6 is 0 Å². The van der Waals surface area contributed by atoms with Gasteiger partial charge in [-0.25, -0.2) is 4.98 Å². The van der Waals surface area contributed by atoms with Crippen molar-refractivity contribution in [3.05, 3.63) is 27.9 Å². The lowest BCUT2D eigenvalue weighted by atomic mass is 9.91. The molecule has 3 fully saturated rings. The summed E-state index contributed by atoms with van der Waals surface area (Å²) in [7, 11) is 0. The number of aliphatic hydroxyl groups is 1. The molecule has 2 heterocycles. The number of aromatic nitrogens is 2. The average Bonchev–Trinajstić information content (AvgIpc) is 3.47. The Bertz CT molecular complexity index is 692. The predicted octanol–water partition coefficient (Wildman–Crippen LogP) is 0.709. The number of hydrogen-bond donors (Lipinski definition) is 2. The molecule has 136 valence electrons. The topological polar surface area (TPSA) is 89.5 Å². The van der Waals surface area contributed by atoms with E-state index in [0.717, 1.165) is 51.6 Å². The van der Waals surface area contributed by atoms with Gasteiger partial charge in [-0.15, -0.1) is 0 Å². The van der Waals surface area contributed by atoms with E-state index in [2.05, 4.69) is 14.9 Å². The Labute approximate surface area is 147 Å². The summed E-state index contributed by atoms with van der Waals surface area (Å²) in [4.78, 5) is 36.0. The monoisotopic (exact) mass is 346 g/mol. The molecule has 1 aromatic rings. The van der Waals surface area contributed by atoms with Crippen molar-refractivity contribution in [3.63, 3.8) is 0 Å². The van der Waals surface area contributed by atoms with Crippen molar-refractivity contribution in [2.45, 2.75) is 56.6 Å². The largest absolute Gasteiger partial charge is 0.391 e. The molecule has 0 aromatic carbocycles. The van der Waals surface area contributed by atoms with Crippen LogP contribution in [0.1, 0.15) is 60.6 Å². The zero-order chi connectivity index (χ0) is 17.4. The van der Waals surface area contributed by atoms with Gasteiger partial charge < -0.3 is 15.0 Å². The standard InChI is InChI=1S/C18H26N4O3/c23-15-4-2-1-3-14(15)21-7-9-22(10-8-21)18(25)13-11-19-16(12-5-6-12)20-17(13)24/h11-12,14-15,23H,1-10H2,(H,19,20,24)/t14-,15-/m1/s1. The first kappa shape index (κ1) is 16.7. The number of aromatic amines is 1. The van der Waals surface area contributed by atoms with Crippen LogP contribution < -0.4 is 5.56 Å². The minimum atomic E-state index is -0.327. The summed E-state index contributed by atoms with van der Waals surface area (Å²) in [6.45, 7) is 2.68. The summed E-state index contributed by atoms with van der Waals surface area (Å²) in [6.07, 6.45) is 7.47. The molecule has 0 unspecified atom stereocenters. The molecule has 4 rings (SSSR count). The number of rotatable bonds is 3. The molecule has 0 spiro atoms. The molecule has 0 bridgehead atoms. The third-order valence-electron chi connectivity index (χ3n) is 5.78. The highest BCUT2D eigenvalue weighted by Gasteiger charge is 2.33. The molecule has 3 aliphatic rings. The van der Waals surface area contributed by atoms with Crippen molar-refractivity contribution in [1.29, 1.82) is 0 Å². The molecule has 1 aromatic heterocycles. The van der Waals surface area contributed by atoms with Crippen LogP contribution in [0, 0.1) is 0 Å². The van der Waals surface area contributed by atoms with Gasteiger partial charge in [-0.3, -0.25) is 14.5 Å². The molecule has 7 heteroatoms. The zero-order valence-electron chi connectivity index (χ0n) is 14.5. The zero-order valence-corrected chi connectivity index (χ0v) is 14.5. The smallest absolute Gasteiger partial charge is 0.263 e. The summed E-state index contributed by atoms with van der Waals surface area (Å²) in [6, 6.07) is 0.217. The molecule has 2 saturated carbocycles. The second kappa shape index (κ2) is 6.88. The molecule has 2 atom stereocenters. The number of nitrogens with one attached hydrogen (secondary N) is 1. The molecule has 2 N–H and O–H groups in total. The van der Waals surface area contributed by atoms with Crippen molar-refractivity contribution >= 4 is 5.91 Å². The molecule has 1 aliphatic heterocycles. The molecule has 7 nitrogen and oxygen atoms in total. The van der Waals surface area contributed by atoms with Crippen molar-refractivity contribution in [1.82, 2.24) is 19.8 Å². The lowest BCUT2D eigenvalue weighted by molar-refractivity contribution is -0.00176. The average molecular weight is 346 g/mol. The Morgan fingerprint density at radius 1 is 1.12 bits per heavy atom. The first-order valence-corrected chi connectivity index (χ1v) is 9.44. The maximum atomic E-state index is 12.7. The molecule has 0 radical (unpaired) electrons. The number of aliphatic hydroxyl groups excluding tert-OH is 1. The molecule has 1 amide bonds. The van der Waals surface area contributed by atoms with Gasteiger partial charge in [-0.2, -0.15) is 0 Å². The van der Waals surface area contributed by atoms with Gasteiger partial charge in [0.05, 0.1) is 6.10 Å². The van der Waals surface area contributed by atoms with Gasteiger partial charge in [0.15, 0.2) is 0 Å². The minimum absolute atomic E-state index is 0.135. The van der Waals surface area contributed by atoms with E-state index in [1.807, 2.05) is 0 Å². The Balaban J connectivity index is 1.38. The van der Waals surface area contributed by atoms with E-state index in [0.29, 0.717) is 24.8 Å². The van der Waals surface area contributed by atoms with Gasteiger partial charge in [0.1, 0.15) is 11.4 Å². The predicted molar refractivity (Wildman–Crippen MR) is 92.6 cm³/mol. The third-order valence-corrected chi connectivity index (χ3v) is 5.78. The SMILES string of the molecule is O=C(c1cnc(C2CC2)[nH]c1=O)N1CCN([C@@H]2CCCC[C@H]2O)CC1. The third kappa shape index (κ3) is 3.48. The van der Waals surface area contributed by atoms with Crippen LogP contribution in [0.25, 0.3) is 0 Å². The number of carbonyl (C=O) groups is 1. The number of H-pyrrole nitrogens is 1. The van der Waals surface area contributed by atoms with E-state index in [9.17, 15) is 14.7 Å². The lowest BCUT2D eigenvalue weighted by Crippen LogP contribution is -2.55. The maximum absolute atomic E-state index is 12.7. The van der Waals surface area contributed by atoms with Crippen LogP contribution in [0.4, 0.5) is 0 Å². The maximum Gasteiger partial charge on any atom is 0.263 e. The minimum Gasteiger partial charge on any atom is -0.391 e. The Morgan fingerprint density at radius 2 is 1.84 bits per heavy atom. The van der Waals surface area contributed by atoms with E-state index in [-0.39, 0.29) is 29.2 Å². The highest BCUT2D eigenvalue weighted by molar-refractivity contribution is 5.93. The Kier molecular flexibility index (Phi) is 4.60. The normalized spacial score (nSPS) is 28.1. The number of nitrogens with zero attached hydrogens (tertiary/aromatic N) is 3. The number of hydrogen-bond acceptors (Lipinski definition) is 5. The van der Waals surface area contributed by atoms with Crippen molar-refractivity contribution < 1.29 is 9.90 Å². The van der Waals surface area contributed by atoms with Crippen molar-refractivity contribution in [2.75, 3.05) is 26.2 Å². The van der Waals surface area contributed by atoms with Crippen LogP contribution in [0.3, 0.4) is 0 Å². The lowest BCUT2D eigenvalue weighted by Gasteiger charge is -2.42. The van der Waals surface area contributed by atoms with Crippen LogP contribution in [0.15, 0.2) is 11.0 Å². The molecular weight excluding hydrogens is 320 g/mol. The highest BCUT2D eigenvalue weighted by atomic mass is 16.3. The molecule has 1 saturated heterocycles. The summed E-state index contributed by atoms with van der Waals surface area (Å²) < 4.78 is 0. The fourth-order valence-corrected chi connectivity index (χ4v) is 4.07. The molecule has 2 aliphatic carbocycles. The van der Waals surface area contributed by atoms with Gasteiger partial charge in [0.2, 0.25) is 0 Å². The van der Waals surface area contributed by atoms with Gasteiger partial charge in [0.25, 0.3) is 11.5 Å². The van der Waals surface area contributed by atoms with Gasteiger partial charge >= 0.3 is 0 Å². The first-order chi connectivity index (χ1) is 12.1. The van der Waals surface area contributed by atoms with Gasteiger partial charge in [-0.05, 0) is 25.7 Å². The molecular formula is C18H26N4O3. The van der Waals surface area contributed by atoms with Gasteiger partial charge in [0, 0.05) is 44.3 Å². The fourth-order valence-electron chi connectivity index (χ4n) is 4.07. The summed E-state index contributed by atoms with van der Waals surface area (Å²) in [5.41, 5.74) is -0.192. The molecule has 25 heavy (non-hydrogen) atoms. The van der Waals surface area contributed by atoms with E-state index >= 15 is 0 Å². The van der Waals surface area contributed by atoms with E-state index < -0.39 is 0 Å². The van der Waals surface area contributed by atoms with Crippen LogP contribution in [0.5, 0.6) is 0 Å². The van der Waals surface area contributed by atoms with E-state index in [1.165, 1.54) is 6.20 Å². The first-order valence-electron chi connectivity index (χ1n) is 9.44. The number of carbonyl (C=O) groups excluding carboxylic acids is 1. The summed E-state index contributed by atoms with van der Waals surface area (Å²) in [5.74, 6) is 0.833. The second-order valence-corrected chi connectivity index (χ2v) is 7.53. The van der Waals surface area contributed by atoms with E-state index in [4.69, 9.17) is 0 Å². The number of piperazine rings is 1. The van der Waals surface area contributed by atoms with Crippen molar-refractivity contribution in [2.24, 2.45) is 0 Å². The second-order valence-electron chi connectivity index (χ2n) is 7.53. The van der Waals surface area contributed by atoms with Crippen LogP contribution in [-0.4, -0.2) is 69.1 Å². The number of amides is 1. The van der Waals surface area contributed by atoms with Gasteiger partial charge in [-0.1, -0.05) is 12.8 Å². The highest BCUT2D eigenvalue weighted by Crippen LogP contribution is 2.37. The Morgan fingerprint density at radius 3 is 2.48 bits per heavy atom. The summed E-state index contributed by atoms with van der Waals surface area (Å²) >= 11 is 0. The van der Waals surface area contributed by atoms with Crippen LogP contribution in [0.2, 0.25) is 0 Å².